The number of methoxy groups -OCH3 is 2. The van der Waals surface area contributed by atoms with Crippen molar-refractivity contribution in [2.75, 3.05) is 46.2 Å². The third-order valence-corrected chi connectivity index (χ3v) is 6.07. The lowest BCUT2D eigenvalue weighted by Gasteiger charge is -2.35. The summed E-state index contributed by atoms with van der Waals surface area (Å²) >= 11 is 1.39. The molecule has 1 amide bonds. The van der Waals surface area contributed by atoms with Gasteiger partial charge in [0.2, 0.25) is 5.91 Å². The Balaban J connectivity index is 1.45. The lowest BCUT2D eigenvalue weighted by Crippen LogP contribution is -2.48. The third kappa shape index (κ3) is 5.87. The molecule has 156 valence electrons. The van der Waals surface area contributed by atoms with Gasteiger partial charge >= 0.3 is 0 Å². The Hall–Kier alpha value is -2.25. The Bertz CT molecular complexity index is 825. The van der Waals surface area contributed by atoms with Crippen LogP contribution in [0.25, 0.3) is 0 Å². The summed E-state index contributed by atoms with van der Waals surface area (Å²) in [5.74, 6) is 2.14. The second kappa shape index (κ2) is 10.5. The average Bonchev–Trinajstić information content (AvgIpc) is 2.75. The Morgan fingerprint density at radius 3 is 2.52 bits per heavy atom. The minimum absolute atomic E-state index is 0.132. The number of halogens is 1. The predicted molar refractivity (Wildman–Crippen MR) is 113 cm³/mol. The van der Waals surface area contributed by atoms with Crippen molar-refractivity contribution >= 4 is 17.7 Å². The maximum atomic E-state index is 13.7. The SMILES string of the molecule is COc1ccc(OC)c(CN2CCN(C(=O)CCSc3ccccc3F)CC2)c1. The number of thioether (sulfide) groups is 1. The second-order valence-electron chi connectivity index (χ2n) is 6.86. The number of hydrogen-bond donors (Lipinski definition) is 0. The fourth-order valence-corrected chi connectivity index (χ4v) is 4.25. The quantitative estimate of drug-likeness (QED) is 0.612. The molecule has 1 aliphatic heterocycles. The van der Waals surface area contributed by atoms with Gasteiger partial charge in [-0.2, -0.15) is 0 Å². The number of piperazine rings is 1. The first-order chi connectivity index (χ1) is 14.1. The molecule has 1 saturated heterocycles. The molecule has 2 aromatic carbocycles. The molecule has 0 aromatic heterocycles. The van der Waals surface area contributed by atoms with Gasteiger partial charge in [-0.05, 0) is 30.3 Å². The van der Waals surface area contributed by atoms with Crippen molar-refractivity contribution in [1.82, 2.24) is 9.80 Å². The number of benzene rings is 2. The van der Waals surface area contributed by atoms with E-state index in [-0.39, 0.29) is 11.7 Å². The maximum Gasteiger partial charge on any atom is 0.223 e. The van der Waals surface area contributed by atoms with Crippen LogP contribution in [0, 0.1) is 5.82 Å². The number of carbonyl (C=O) groups excluding carboxylic acids is 1. The van der Waals surface area contributed by atoms with Crippen LogP contribution in [0.15, 0.2) is 47.4 Å². The van der Waals surface area contributed by atoms with E-state index in [2.05, 4.69) is 4.90 Å². The van der Waals surface area contributed by atoms with Crippen LogP contribution in [0.2, 0.25) is 0 Å². The fraction of sp³-hybridized carbons (Fsp3) is 0.409. The minimum atomic E-state index is -0.230. The van der Waals surface area contributed by atoms with Crippen LogP contribution in [-0.4, -0.2) is 61.9 Å². The largest absolute Gasteiger partial charge is 0.497 e. The molecule has 0 spiro atoms. The molecule has 5 nitrogen and oxygen atoms in total. The Morgan fingerprint density at radius 1 is 1.07 bits per heavy atom. The molecule has 3 rings (SSSR count). The lowest BCUT2D eigenvalue weighted by molar-refractivity contribution is -0.132. The van der Waals surface area contributed by atoms with Crippen LogP contribution in [0.4, 0.5) is 4.39 Å². The predicted octanol–water partition coefficient (Wildman–Crippen LogP) is 3.67. The van der Waals surface area contributed by atoms with Gasteiger partial charge in [0, 0.05) is 55.4 Å². The van der Waals surface area contributed by atoms with Crippen molar-refractivity contribution in [3.8, 4) is 11.5 Å². The molecule has 1 aliphatic rings. The molecule has 0 bridgehead atoms. The van der Waals surface area contributed by atoms with E-state index in [4.69, 9.17) is 9.47 Å². The molecule has 1 fully saturated rings. The van der Waals surface area contributed by atoms with Gasteiger partial charge in [-0.1, -0.05) is 12.1 Å². The molecular weight excluding hydrogens is 391 g/mol. The van der Waals surface area contributed by atoms with E-state index in [0.29, 0.717) is 30.2 Å². The van der Waals surface area contributed by atoms with Crippen molar-refractivity contribution in [3.05, 3.63) is 53.8 Å². The molecule has 2 aromatic rings. The standard InChI is InChI=1S/C22H27FN2O3S/c1-27-18-7-8-20(28-2)17(15-18)16-24-10-12-25(13-11-24)22(26)9-14-29-21-6-4-3-5-19(21)23/h3-8,15H,9-14,16H2,1-2H3. The first kappa shape index (κ1) is 21.5. The molecule has 7 heteroatoms. The van der Waals surface area contributed by atoms with Crippen molar-refractivity contribution in [1.29, 1.82) is 0 Å². The molecule has 0 N–H and O–H groups in total. The normalized spacial score (nSPS) is 14.7. The topological polar surface area (TPSA) is 42.0 Å². The first-order valence-electron chi connectivity index (χ1n) is 9.69. The average molecular weight is 419 g/mol. The highest BCUT2D eigenvalue weighted by Crippen LogP contribution is 2.26. The van der Waals surface area contributed by atoms with E-state index in [9.17, 15) is 9.18 Å². The summed E-state index contributed by atoms with van der Waals surface area (Å²) in [4.78, 5) is 17.3. The third-order valence-electron chi connectivity index (χ3n) is 5.02. The minimum Gasteiger partial charge on any atom is -0.497 e. The second-order valence-corrected chi connectivity index (χ2v) is 8.00. The number of hydrogen-bond acceptors (Lipinski definition) is 5. The molecule has 0 aliphatic carbocycles. The van der Waals surface area contributed by atoms with Gasteiger partial charge in [-0.15, -0.1) is 11.8 Å². The fourth-order valence-electron chi connectivity index (χ4n) is 3.37. The summed E-state index contributed by atoms with van der Waals surface area (Å²) in [6.45, 7) is 3.79. The summed E-state index contributed by atoms with van der Waals surface area (Å²) in [6, 6.07) is 12.5. The molecule has 0 unspecified atom stereocenters. The van der Waals surface area contributed by atoms with Crippen molar-refractivity contribution in [3.63, 3.8) is 0 Å². The Kier molecular flexibility index (Phi) is 7.77. The van der Waals surface area contributed by atoms with Crippen LogP contribution in [0.5, 0.6) is 11.5 Å². The van der Waals surface area contributed by atoms with Gasteiger partial charge in [0.15, 0.2) is 0 Å². The van der Waals surface area contributed by atoms with Gasteiger partial charge in [0.05, 0.1) is 14.2 Å². The van der Waals surface area contributed by atoms with Gasteiger partial charge in [-0.25, -0.2) is 4.39 Å². The molecule has 0 radical (unpaired) electrons. The summed E-state index contributed by atoms with van der Waals surface area (Å²) in [5.41, 5.74) is 1.08. The summed E-state index contributed by atoms with van der Waals surface area (Å²) in [6.07, 6.45) is 0.419. The molecule has 1 heterocycles. The van der Waals surface area contributed by atoms with Crippen LogP contribution in [0.1, 0.15) is 12.0 Å². The van der Waals surface area contributed by atoms with Crippen LogP contribution in [-0.2, 0) is 11.3 Å². The van der Waals surface area contributed by atoms with Crippen molar-refractivity contribution in [2.45, 2.75) is 17.9 Å². The van der Waals surface area contributed by atoms with Crippen molar-refractivity contribution in [2.24, 2.45) is 0 Å². The summed E-state index contributed by atoms with van der Waals surface area (Å²) < 4.78 is 24.4. The van der Waals surface area contributed by atoms with E-state index < -0.39 is 0 Å². The van der Waals surface area contributed by atoms with Crippen LogP contribution in [0.3, 0.4) is 0 Å². The summed E-state index contributed by atoms with van der Waals surface area (Å²) in [7, 11) is 3.32. The van der Waals surface area contributed by atoms with Crippen LogP contribution < -0.4 is 9.47 Å². The maximum absolute atomic E-state index is 13.7. The molecular formula is C22H27FN2O3S. The molecule has 0 saturated carbocycles. The zero-order valence-corrected chi connectivity index (χ0v) is 17.7. The Labute approximate surface area is 175 Å². The molecule has 0 atom stereocenters. The smallest absolute Gasteiger partial charge is 0.223 e. The number of ether oxygens (including phenoxy) is 2. The van der Waals surface area contributed by atoms with E-state index in [1.54, 1.807) is 26.4 Å². The van der Waals surface area contributed by atoms with E-state index >= 15 is 0 Å². The number of amides is 1. The van der Waals surface area contributed by atoms with E-state index in [1.165, 1.54) is 17.8 Å². The lowest BCUT2D eigenvalue weighted by atomic mass is 10.1. The Morgan fingerprint density at radius 2 is 1.83 bits per heavy atom. The highest BCUT2D eigenvalue weighted by atomic mass is 32.2. The highest BCUT2D eigenvalue weighted by Gasteiger charge is 2.22. The van der Waals surface area contributed by atoms with Gasteiger partial charge in [-0.3, -0.25) is 9.69 Å². The van der Waals surface area contributed by atoms with Gasteiger partial charge < -0.3 is 14.4 Å². The first-order valence-corrected chi connectivity index (χ1v) is 10.7. The highest BCUT2D eigenvalue weighted by molar-refractivity contribution is 7.99. The van der Waals surface area contributed by atoms with Crippen molar-refractivity contribution < 1.29 is 18.7 Å². The monoisotopic (exact) mass is 418 g/mol. The zero-order valence-electron chi connectivity index (χ0n) is 16.9. The molecule has 29 heavy (non-hydrogen) atoms. The summed E-state index contributed by atoms with van der Waals surface area (Å²) in [5, 5.41) is 0. The zero-order chi connectivity index (χ0) is 20.6. The number of carbonyl (C=O) groups is 1. The number of nitrogens with zero attached hydrogens (tertiary/aromatic N) is 2. The van der Waals surface area contributed by atoms with Crippen LogP contribution >= 0.6 is 11.8 Å². The van der Waals surface area contributed by atoms with Gasteiger partial charge in [0.25, 0.3) is 0 Å². The number of rotatable bonds is 8. The van der Waals surface area contributed by atoms with E-state index in [1.807, 2.05) is 29.2 Å². The van der Waals surface area contributed by atoms with E-state index in [0.717, 1.165) is 36.7 Å². The van der Waals surface area contributed by atoms with Gasteiger partial charge in [0.1, 0.15) is 17.3 Å².